The Morgan fingerprint density at radius 2 is 2.19 bits per heavy atom. The molecule has 140 valence electrons. The van der Waals surface area contributed by atoms with Gasteiger partial charge in [-0.1, -0.05) is 13.3 Å². The van der Waals surface area contributed by atoms with E-state index in [-0.39, 0.29) is 30.3 Å². The summed E-state index contributed by atoms with van der Waals surface area (Å²) in [6, 6.07) is 1.87. The van der Waals surface area contributed by atoms with E-state index >= 15 is 0 Å². The Morgan fingerprint density at radius 3 is 2.92 bits per heavy atom. The molecule has 0 saturated carbocycles. The van der Waals surface area contributed by atoms with Crippen molar-refractivity contribution in [1.82, 2.24) is 4.98 Å². The van der Waals surface area contributed by atoms with Gasteiger partial charge < -0.3 is 15.4 Å². The molecule has 0 radical (unpaired) electrons. The van der Waals surface area contributed by atoms with E-state index in [9.17, 15) is 18.0 Å². The smallest absolute Gasteiger partial charge is 0.416 e. The number of carbonyl (C=O) groups is 1. The molecule has 2 N–H and O–H groups in total. The van der Waals surface area contributed by atoms with Crippen LogP contribution in [0.15, 0.2) is 17.5 Å². The van der Waals surface area contributed by atoms with Gasteiger partial charge in [0.15, 0.2) is 12.4 Å². The molecular weight excluding hydrogens is 367 g/mol. The van der Waals surface area contributed by atoms with Gasteiger partial charge in [-0.2, -0.15) is 13.2 Å². The highest BCUT2D eigenvalue weighted by molar-refractivity contribution is 7.09. The Kier molecular flexibility index (Phi) is 5.36. The SMILES string of the molecule is CCCCc1nc(CNc2cc(C(F)(F)F)cc3c2OCC(=O)N3)cs1. The Labute approximate surface area is 152 Å². The van der Waals surface area contributed by atoms with Gasteiger partial charge in [0, 0.05) is 5.38 Å². The Morgan fingerprint density at radius 1 is 1.38 bits per heavy atom. The van der Waals surface area contributed by atoms with Crippen molar-refractivity contribution in [3.05, 3.63) is 33.8 Å². The van der Waals surface area contributed by atoms with E-state index in [1.165, 1.54) is 0 Å². The first-order valence-electron chi connectivity index (χ1n) is 8.22. The molecule has 0 spiro atoms. The minimum atomic E-state index is -4.53. The van der Waals surface area contributed by atoms with Gasteiger partial charge in [-0.05, 0) is 25.0 Å². The van der Waals surface area contributed by atoms with E-state index in [0.717, 1.165) is 42.1 Å². The first-order chi connectivity index (χ1) is 12.4. The third kappa shape index (κ3) is 4.27. The number of anilines is 2. The zero-order valence-electron chi connectivity index (χ0n) is 14.1. The fourth-order valence-electron chi connectivity index (χ4n) is 2.55. The monoisotopic (exact) mass is 385 g/mol. The van der Waals surface area contributed by atoms with Gasteiger partial charge in [-0.15, -0.1) is 11.3 Å². The van der Waals surface area contributed by atoms with Crippen molar-refractivity contribution in [2.24, 2.45) is 0 Å². The summed E-state index contributed by atoms with van der Waals surface area (Å²) in [4.78, 5) is 15.9. The number of alkyl halides is 3. The van der Waals surface area contributed by atoms with Crippen molar-refractivity contribution >= 4 is 28.6 Å². The number of rotatable bonds is 6. The number of carbonyl (C=O) groups excluding carboxylic acids is 1. The highest BCUT2D eigenvalue weighted by Gasteiger charge is 2.33. The molecule has 5 nitrogen and oxygen atoms in total. The number of fused-ring (bicyclic) bond motifs is 1. The second-order valence-corrected chi connectivity index (χ2v) is 6.87. The number of ether oxygens (including phenoxy) is 1. The number of hydrogen-bond acceptors (Lipinski definition) is 5. The number of nitrogens with one attached hydrogen (secondary N) is 2. The lowest BCUT2D eigenvalue weighted by Crippen LogP contribution is -2.26. The van der Waals surface area contributed by atoms with Crippen LogP contribution in [0.25, 0.3) is 0 Å². The molecule has 0 unspecified atom stereocenters. The van der Waals surface area contributed by atoms with Gasteiger partial charge in [-0.25, -0.2) is 4.98 Å². The van der Waals surface area contributed by atoms with E-state index in [1.807, 2.05) is 5.38 Å². The lowest BCUT2D eigenvalue weighted by Gasteiger charge is -2.23. The van der Waals surface area contributed by atoms with Crippen molar-refractivity contribution in [3.63, 3.8) is 0 Å². The molecule has 3 rings (SSSR count). The molecule has 26 heavy (non-hydrogen) atoms. The zero-order valence-corrected chi connectivity index (χ0v) is 14.9. The van der Waals surface area contributed by atoms with Crippen molar-refractivity contribution in [3.8, 4) is 5.75 Å². The summed E-state index contributed by atoms with van der Waals surface area (Å²) in [6.07, 6.45) is -1.50. The van der Waals surface area contributed by atoms with Crippen LogP contribution in [0.5, 0.6) is 5.75 Å². The minimum absolute atomic E-state index is 0.0143. The third-order valence-electron chi connectivity index (χ3n) is 3.84. The van der Waals surface area contributed by atoms with E-state index < -0.39 is 17.6 Å². The van der Waals surface area contributed by atoms with Crippen molar-refractivity contribution < 1.29 is 22.7 Å². The number of benzene rings is 1. The quantitative estimate of drug-likeness (QED) is 0.771. The number of thiazole rings is 1. The molecule has 1 aliphatic heterocycles. The molecule has 0 bridgehead atoms. The number of nitrogens with zero attached hydrogens (tertiary/aromatic N) is 1. The maximum atomic E-state index is 13.1. The lowest BCUT2D eigenvalue weighted by atomic mass is 10.1. The molecule has 1 aromatic carbocycles. The highest BCUT2D eigenvalue weighted by Crippen LogP contribution is 2.42. The first-order valence-corrected chi connectivity index (χ1v) is 9.10. The number of aryl methyl sites for hydroxylation is 1. The molecule has 1 aromatic heterocycles. The van der Waals surface area contributed by atoms with Gasteiger partial charge in [0.05, 0.1) is 34.2 Å². The number of amides is 1. The van der Waals surface area contributed by atoms with Crippen LogP contribution in [-0.2, 0) is 23.9 Å². The summed E-state index contributed by atoms with van der Waals surface area (Å²) in [5, 5.41) is 8.28. The van der Waals surface area contributed by atoms with Crippen LogP contribution in [0, 0.1) is 0 Å². The van der Waals surface area contributed by atoms with E-state index in [2.05, 4.69) is 22.5 Å². The molecule has 1 aliphatic rings. The van der Waals surface area contributed by atoms with Gasteiger partial charge >= 0.3 is 6.18 Å². The Bertz CT molecular complexity index is 805. The third-order valence-corrected chi connectivity index (χ3v) is 4.80. The van der Waals surface area contributed by atoms with Crippen LogP contribution in [0.2, 0.25) is 0 Å². The summed E-state index contributed by atoms with van der Waals surface area (Å²) in [5.74, 6) is -0.276. The Balaban J connectivity index is 1.81. The second-order valence-electron chi connectivity index (χ2n) is 5.92. The van der Waals surface area contributed by atoms with Crippen LogP contribution >= 0.6 is 11.3 Å². The van der Waals surface area contributed by atoms with Gasteiger partial charge in [0.1, 0.15) is 0 Å². The minimum Gasteiger partial charge on any atom is -0.479 e. The van der Waals surface area contributed by atoms with Crippen molar-refractivity contribution in [2.75, 3.05) is 17.2 Å². The topological polar surface area (TPSA) is 63.3 Å². The summed E-state index contributed by atoms with van der Waals surface area (Å²) in [6.45, 7) is 2.14. The standard InChI is InChI=1S/C17H18F3N3O2S/c1-2-3-4-15-22-11(9-26-15)7-21-12-5-10(17(18,19)20)6-13-16(12)25-8-14(24)23-13/h5-6,9,21H,2-4,7-8H2,1H3,(H,23,24). The number of unbranched alkanes of at least 4 members (excludes halogenated alkanes) is 1. The van der Waals surface area contributed by atoms with E-state index in [0.29, 0.717) is 0 Å². The van der Waals surface area contributed by atoms with Crippen LogP contribution in [0.3, 0.4) is 0 Å². The van der Waals surface area contributed by atoms with Crippen LogP contribution < -0.4 is 15.4 Å². The Hall–Kier alpha value is -2.29. The highest BCUT2D eigenvalue weighted by atomic mass is 32.1. The van der Waals surface area contributed by atoms with Crippen LogP contribution in [0.4, 0.5) is 24.5 Å². The van der Waals surface area contributed by atoms with Crippen LogP contribution in [0.1, 0.15) is 36.0 Å². The van der Waals surface area contributed by atoms with Gasteiger partial charge in [0.2, 0.25) is 0 Å². The van der Waals surface area contributed by atoms with E-state index in [4.69, 9.17) is 4.74 Å². The molecule has 2 heterocycles. The largest absolute Gasteiger partial charge is 0.479 e. The predicted octanol–water partition coefficient (Wildman–Crippen LogP) is 4.45. The molecule has 0 saturated heterocycles. The van der Waals surface area contributed by atoms with E-state index in [1.54, 1.807) is 11.3 Å². The average Bonchev–Trinajstić information content (AvgIpc) is 3.04. The number of halogens is 3. The molecule has 2 aromatic rings. The molecule has 1 amide bonds. The summed E-state index contributed by atoms with van der Waals surface area (Å²) in [5.41, 5.74) is 0.0944. The summed E-state index contributed by atoms with van der Waals surface area (Å²) in [7, 11) is 0. The predicted molar refractivity (Wildman–Crippen MR) is 93.6 cm³/mol. The zero-order chi connectivity index (χ0) is 18.7. The molecular formula is C17H18F3N3O2S. The number of aromatic nitrogens is 1. The van der Waals surface area contributed by atoms with Gasteiger partial charge in [-0.3, -0.25) is 4.79 Å². The second kappa shape index (κ2) is 7.53. The fraction of sp³-hybridized carbons (Fsp3) is 0.412. The number of hydrogen-bond donors (Lipinski definition) is 2. The normalized spacial score (nSPS) is 13.8. The van der Waals surface area contributed by atoms with Crippen molar-refractivity contribution in [2.45, 2.75) is 38.9 Å². The average molecular weight is 385 g/mol. The summed E-state index contributed by atoms with van der Waals surface area (Å²) < 4.78 is 44.7. The van der Waals surface area contributed by atoms with Crippen LogP contribution in [-0.4, -0.2) is 17.5 Å². The summed E-state index contributed by atoms with van der Waals surface area (Å²) >= 11 is 1.54. The lowest BCUT2D eigenvalue weighted by molar-refractivity contribution is -0.137. The fourth-order valence-corrected chi connectivity index (χ4v) is 3.40. The molecule has 9 heteroatoms. The molecule has 0 atom stereocenters. The molecule has 0 aliphatic carbocycles. The maximum absolute atomic E-state index is 13.1. The first kappa shape index (κ1) is 18.5. The maximum Gasteiger partial charge on any atom is 0.416 e. The van der Waals surface area contributed by atoms with Crippen molar-refractivity contribution in [1.29, 1.82) is 0 Å². The molecule has 0 fully saturated rings. The van der Waals surface area contributed by atoms with Gasteiger partial charge in [0.25, 0.3) is 5.91 Å².